The summed E-state index contributed by atoms with van der Waals surface area (Å²) in [6.07, 6.45) is 0.712. The molecule has 0 heterocycles. The quantitative estimate of drug-likeness (QED) is 0.145. The highest BCUT2D eigenvalue weighted by atomic mass is 35.5. The summed E-state index contributed by atoms with van der Waals surface area (Å²) in [7, 11) is 3.18. The zero-order valence-electron chi connectivity index (χ0n) is 27.5. The fraction of sp³-hybridized carbons (Fsp3) is 0.444. The molecule has 3 aromatic carbocycles. The van der Waals surface area contributed by atoms with Gasteiger partial charge in [0, 0.05) is 26.8 Å². The molecule has 241 valence electrons. The molecule has 1 N–H and O–H groups in total. The lowest BCUT2D eigenvalue weighted by atomic mass is 9.54. The van der Waals surface area contributed by atoms with Gasteiger partial charge in [0.2, 0.25) is 10.5 Å². The van der Waals surface area contributed by atoms with E-state index in [0.29, 0.717) is 18.1 Å². The highest BCUT2D eigenvalue weighted by Crippen LogP contribution is 2.49. The van der Waals surface area contributed by atoms with E-state index in [-0.39, 0.29) is 12.5 Å². The molecule has 1 amide bonds. The van der Waals surface area contributed by atoms with Crippen molar-refractivity contribution in [2.75, 3.05) is 6.61 Å². The van der Waals surface area contributed by atoms with Gasteiger partial charge in [0.25, 0.3) is 0 Å². The maximum Gasteiger partial charge on any atom is 0.408 e. The van der Waals surface area contributed by atoms with Crippen molar-refractivity contribution in [2.24, 2.45) is 16.7 Å². The van der Waals surface area contributed by atoms with Crippen LogP contribution in [-0.2, 0) is 27.0 Å². The van der Waals surface area contributed by atoms with Crippen LogP contribution in [0.1, 0.15) is 66.5 Å². The topological polar surface area (TPSA) is 73.9 Å². The van der Waals surface area contributed by atoms with Crippen LogP contribution in [0.15, 0.2) is 82.6 Å². The summed E-state index contributed by atoms with van der Waals surface area (Å²) >= 11 is 8.48. The smallest absolute Gasteiger partial charge is 0.408 e. The van der Waals surface area contributed by atoms with E-state index in [1.165, 1.54) is 0 Å². The number of amides is 1. The standard InChI is InChI=1S/C36H45ClNO5SSi/c1-25(35(8,24-42-45)36(23-39,33(2,3)4)38-32(40)43-34(5,6)7)19-27-17-18-30(21-31(27)37)44-29-16-12-15-28(20-29)41-22-26-13-10-9-11-14-26/h9-18,20-21,23,25H,19,22,24H2,1-8H3,(H,38,40). The highest BCUT2D eigenvalue weighted by Gasteiger charge is 2.59. The molecule has 0 bridgehead atoms. The van der Waals surface area contributed by atoms with Crippen molar-refractivity contribution in [3.8, 4) is 5.75 Å². The first-order valence-electron chi connectivity index (χ1n) is 15.0. The molecule has 0 aliphatic rings. The molecule has 0 aliphatic carbocycles. The van der Waals surface area contributed by atoms with Gasteiger partial charge in [-0.25, -0.2) is 4.79 Å². The summed E-state index contributed by atoms with van der Waals surface area (Å²) in [5.41, 5.74) is -1.59. The molecular weight excluding hydrogens is 622 g/mol. The van der Waals surface area contributed by atoms with Gasteiger partial charge in [-0.15, -0.1) is 0 Å². The largest absolute Gasteiger partial charge is 0.489 e. The van der Waals surface area contributed by atoms with Crippen LogP contribution in [0, 0.1) is 16.7 Å². The van der Waals surface area contributed by atoms with Crippen molar-refractivity contribution in [1.29, 1.82) is 0 Å². The Balaban J connectivity index is 1.82. The minimum absolute atomic E-state index is 0.144. The molecule has 0 saturated heterocycles. The summed E-state index contributed by atoms with van der Waals surface area (Å²) in [5, 5.41) is 3.59. The number of rotatable bonds is 13. The van der Waals surface area contributed by atoms with Crippen LogP contribution in [0.4, 0.5) is 4.79 Å². The molecule has 0 aliphatic heterocycles. The predicted octanol–water partition coefficient (Wildman–Crippen LogP) is 8.86. The van der Waals surface area contributed by atoms with Gasteiger partial charge in [0.15, 0.2) is 0 Å². The Labute approximate surface area is 281 Å². The Morgan fingerprint density at radius 2 is 1.62 bits per heavy atom. The third-order valence-corrected chi connectivity index (χ3v) is 9.73. The first-order chi connectivity index (χ1) is 21.0. The lowest BCUT2D eigenvalue weighted by Crippen LogP contribution is -2.70. The summed E-state index contributed by atoms with van der Waals surface area (Å²) in [5.74, 6) is 0.633. The van der Waals surface area contributed by atoms with Gasteiger partial charge < -0.3 is 24.0 Å². The van der Waals surface area contributed by atoms with Gasteiger partial charge in [-0.05, 0) is 80.0 Å². The molecule has 3 atom stereocenters. The van der Waals surface area contributed by atoms with Crippen molar-refractivity contribution in [3.63, 3.8) is 0 Å². The van der Waals surface area contributed by atoms with E-state index in [2.05, 4.69) is 15.8 Å². The summed E-state index contributed by atoms with van der Waals surface area (Å²) < 4.78 is 17.1. The average Bonchev–Trinajstić information content (AvgIpc) is 2.95. The number of ether oxygens (including phenoxy) is 2. The van der Waals surface area contributed by atoms with Crippen molar-refractivity contribution in [1.82, 2.24) is 5.32 Å². The van der Waals surface area contributed by atoms with Crippen LogP contribution in [-0.4, -0.2) is 40.6 Å². The molecule has 45 heavy (non-hydrogen) atoms. The average molecular weight is 667 g/mol. The zero-order chi connectivity index (χ0) is 33.5. The van der Waals surface area contributed by atoms with Gasteiger partial charge in [0.1, 0.15) is 29.8 Å². The number of benzene rings is 3. The first-order valence-corrected chi connectivity index (χ1v) is 16.6. The van der Waals surface area contributed by atoms with Crippen LogP contribution in [0.5, 0.6) is 5.75 Å². The highest BCUT2D eigenvalue weighted by molar-refractivity contribution is 7.99. The molecular formula is C36H45ClNO5SSi. The third kappa shape index (κ3) is 9.38. The Kier molecular flexibility index (Phi) is 12.4. The summed E-state index contributed by atoms with van der Waals surface area (Å²) in [6.45, 7) is 15.8. The van der Waals surface area contributed by atoms with E-state index in [0.717, 1.165) is 33.0 Å². The second-order valence-corrected chi connectivity index (χ2v) is 15.6. The summed E-state index contributed by atoms with van der Waals surface area (Å²) in [4.78, 5) is 28.2. The Hall–Kier alpha value is -2.78. The molecule has 3 rings (SSSR count). The maximum absolute atomic E-state index is 13.1. The van der Waals surface area contributed by atoms with Crippen molar-refractivity contribution in [3.05, 3.63) is 88.9 Å². The van der Waals surface area contributed by atoms with Crippen LogP contribution in [0.3, 0.4) is 0 Å². The normalized spacial score (nSPS) is 15.3. The lowest BCUT2D eigenvalue weighted by Gasteiger charge is -2.55. The number of carbonyl (C=O) groups excluding carboxylic acids is 2. The molecule has 3 unspecified atom stereocenters. The second kappa shape index (κ2) is 15.2. The number of hydrogen-bond acceptors (Lipinski definition) is 6. The van der Waals surface area contributed by atoms with Gasteiger partial charge in [0.05, 0.1) is 0 Å². The lowest BCUT2D eigenvalue weighted by molar-refractivity contribution is -0.132. The van der Waals surface area contributed by atoms with E-state index < -0.39 is 28.1 Å². The van der Waals surface area contributed by atoms with E-state index in [1.54, 1.807) is 32.5 Å². The molecule has 9 heteroatoms. The van der Waals surface area contributed by atoms with Crippen LogP contribution < -0.4 is 10.1 Å². The van der Waals surface area contributed by atoms with E-state index >= 15 is 0 Å². The molecule has 0 aromatic heterocycles. The first kappa shape index (κ1) is 36.7. The Morgan fingerprint density at radius 3 is 2.20 bits per heavy atom. The number of halogens is 1. The van der Waals surface area contributed by atoms with E-state index in [1.807, 2.05) is 107 Å². The SMILES string of the molecule is CC(Cc1ccc(Sc2cccc(OCc3ccccc3)c2)cc1Cl)C(C)(CO[Si])C(C=O)(NC(=O)OC(C)(C)C)C(C)(C)C. The maximum atomic E-state index is 13.1. The molecule has 6 nitrogen and oxygen atoms in total. The Bertz CT molecular complexity index is 1440. The number of carbonyl (C=O) groups is 2. The van der Waals surface area contributed by atoms with Crippen LogP contribution >= 0.6 is 23.4 Å². The summed E-state index contributed by atoms with van der Waals surface area (Å²) in [6, 6.07) is 24.1. The molecule has 0 saturated carbocycles. The van der Waals surface area contributed by atoms with Gasteiger partial charge in [-0.1, -0.05) is 100 Å². The molecule has 0 fully saturated rings. The fourth-order valence-electron chi connectivity index (χ4n) is 5.60. The predicted molar refractivity (Wildman–Crippen MR) is 183 cm³/mol. The number of hydrogen-bond donors (Lipinski definition) is 1. The van der Waals surface area contributed by atoms with Crippen molar-refractivity contribution in [2.45, 2.75) is 89.3 Å². The van der Waals surface area contributed by atoms with Gasteiger partial charge in [-0.2, -0.15) is 0 Å². The Morgan fingerprint density at radius 1 is 0.956 bits per heavy atom. The zero-order valence-corrected chi connectivity index (χ0v) is 30.1. The number of alkyl carbamates (subject to hydrolysis) is 1. The number of aldehydes is 1. The monoisotopic (exact) mass is 666 g/mol. The van der Waals surface area contributed by atoms with Crippen LogP contribution in [0.2, 0.25) is 5.02 Å². The van der Waals surface area contributed by atoms with Gasteiger partial charge in [-0.3, -0.25) is 0 Å². The molecule has 3 radical (unpaired) electrons. The fourth-order valence-corrected chi connectivity index (χ4v) is 7.13. The molecule has 3 aromatic rings. The van der Waals surface area contributed by atoms with Crippen molar-refractivity contribution >= 4 is 46.2 Å². The third-order valence-electron chi connectivity index (χ3n) is 8.26. The van der Waals surface area contributed by atoms with Crippen molar-refractivity contribution < 1.29 is 23.5 Å². The van der Waals surface area contributed by atoms with E-state index in [4.69, 9.17) is 25.5 Å². The van der Waals surface area contributed by atoms with E-state index in [9.17, 15) is 9.59 Å². The number of nitrogens with one attached hydrogen (secondary N) is 1. The molecule has 0 spiro atoms. The van der Waals surface area contributed by atoms with Gasteiger partial charge >= 0.3 is 6.09 Å². The minimum atomic E-state index is -1.34. The van der Waals surface area contributed by atoms with Crippen LogP contribution in [0.25, 0.3) is 0 Å². The second-order valence-electron chi connectivity index (χ2n) is 13.7. The minimum Gasteiger partial charge on any atom is -0.489 e.